The van der Waals surface area contributed by atoms with E-state index in [1.165, 1.54) is 31.4 Å². The van der Waals surface area contributed by atoms with Crippen LogP contribution in [0.5, 0.6) is 0 Å². The predicted octanol–water partition coefficient (Wildman–Crippen LogP) is 4.12. The SMILES string of the molecule is CN1C(=O)C2(CCN(c3ccccc3)CC2)c2cc(C(=O)NCC3CCCC3)ccc21. The predicted molar refractivity (Wildman–Crippen MR) is 124 cm³/mol. The minimum absolute atomic E-state index is 0.0198. The van der Waals surface area contributed by atoms with Gasteiger partial charge in [0.2, 0.25) is 5.91 Å². The van der Waals surface area contributed by atoms with E-state index in [4.69, 9.17) is 0 Å². The molecule has 0 unspecified atom stereocenters. The Hall–Kier alpha value is -2.82. The summed E-state index contributed by atoms with van der Waals surface area (Å²) in [6, 6.07) is 16.2. The molecule has 2 fully saturated rings. The Kier molecular flexibility index (Phi) is 5.20. The molecule has 0 bridgehead atoms. The Morgan fingerprint density at radius 2 is 1.77 bits per heavy atom. The summed E-state index contributed by atoms with van der Waals surface area (Å²) in [5, 5.41) is 3.13. The fourth-order valence-electron chi connectivity index (χ4n) is 5.72. The second-order valence-electron chi connectivity index (χ2n) is 9.36. The van der Waals surface area contributed by atoms with Crippen LogP contribution >= 0.6 is 0 Å². The first-order chi connectivity index (χ1) is 15.1. The fourth-order valence-corrected chi connectivity index (χ4v) is 5.72. The van der Waals surface area contributed by atoms with E-state index in [1.54, 1.807) is 4.90 Å². The van der Waals surface area contributed by atoms with Crippen LogP contribution in [0, 0.1) is 5.92 Å². The zero-order valence-corrected chi connectivity index (χ0v) is 18.3. The second-order valence-corrected chi connectivity index (χ2v) is 9.36. The lowest BCUT2D eigenvalue weighted by molar-refractivity contribution is -0.123. The van der Waals surface area contributed by atoms with Crippen molar-refractivity contribution >= 4 is 23.2 Å². The molecule has 1 saturated heterocycles. The highest BCUT2D eigenvalue weighted by atomic mass is 16.2. The molecule has 2 aromatic rings. The van der Waals surface area contributed by atoms with Crippen LogP contribution < -0.4 is 15.1 Å². The van der Waals surface area contributed by atoms with E-state index in [9.17, 15) is 9.59 Å². The van der Waals surface area contributed by atoms with Crippen LogP contribution in [0.4, 0.5) is 11.4 Å². The van der Waals surface area contributed by atoms with Gasteiger partial charge in [0.15, 0.2) is 0 Å². The average Bonchev–Trinajstić information content (AvgIpc) is 3.41. The van der Waals surface area contributed by atoms with Crippen molar-refractivity contribution in [2.75, 3.05) is 36.5 Å². The van der Waals surface area contributed by atoms with Crippen molar-refractivity contribution in [3.8, 4) is 0 Å². The van der Waals surface area contributed by atoms with Crippen LogP contribution in [0.1, 0.15) is 54.4 Å². The summed E-state index contributed by atoms with van der Waals surface area (Å²) in [5.41, 5.74) is 3.34. The van der Waals surface area contributed by atoms with E-state index in [0.717, 1.165) is 43.7 Å². The number of nitrogens with one attached hydrogen (secondary N) is 1. The van der Waals surface area contributed by atoms with Gasteiger partial charge in [-0.05, 0) is 67.5 Å². The van der Waals surface area contributed by atoms with Gasteiger partial charge in [-0.2, -0.15) is 0 Å². The summed E-state index contributed by atoms with van der Waals surface area (Å²) in [6.07, 6.45) is 6.51. The second kappa shape index (κ2) is 8.03. The van der Waals surface area contributed by atoms with Crippen molar-refractivity contribution in [1.29, 1.82) is 0 Å². The largest absolute Gasteiger partial charge is 0.371 e. The van der Waals surface area contributed by atoms with Crippen molar-refractivity contribution in [2.45, 2.75) is 43.9 Å². The van der Waals surface area contributed by atoms with Gasteiger partial charge in [-0.3, -0.25) is 9.59 Å². The van der Waals surface area contributed by atoms with E-state index in [-0.39, 0.29) is 11.8 Å². The molecule has 162 valence electrons. The molecule has 2 aromatic carbocycles. The molecular weight excluding hydrogens is 386 g/mol. The Morgan fingerprint density at radius 3 is 2.48 bits per heavy atom. The maximum Gasteiger partial charge on any atom is 0.251 e. The Labute approximate surface area is 184 Å². The Bertz CT molecular complexity index is 973. The van der Waals surface area contributed by atoms with Crippen LogP contribution in [-0.2, 0) is 10.2 Å². The summed E-state index contributed by atoms with van der Waals surface area (Å²) in [6.45, 7) is 2.42. The normalized spacial score (nSPS) is 20.4. The van der Waals surface area contributed by atoms with E-state index in [1.807, 2.05) is 31.3 Å². The maximum absolute atomic E-state index is 13.4. The van der Waals surface area contributed by atoms with Crippen molar-refractivity contribution in [1.82, 2.24) is 5.32 Å². The first-order valence-electron chi connectivity index (χ1n) is 11.6. The topological polar surface area (TPSA) is 52.7 Å². The van der Waals surface area contributed by atoms with Crippen LogP contribution in [0.3, 0.4) is 0 Å². The third kappa shape index (κ3) is 3.50. The Balaban J connectivity index is 1.36. The minimum Gasteiger partial charge on any atom is -0.371 e. The number of nitrogens with zero attached hydrogens (tertiary/aromatic N) is 2. The van der Waals surface area contributed by atoms with Gasteiger partial charge in [0, 0.05) is 43.6 Å². The van der Waals surface area contributed by atoms with Gasteiger partial charge < -0.3 is 15.1 Å². The fraction of sp³-hybridized carbons (Fsp3) is 0.462. The molecule has 0 atom stereocenters. The van der Waals surface area contributed by atoms with E-state index < -0.39 is 5.41 Å². The zero-order chi connectivity index (χ0) is 21.4. The van der Waals surface area contributed by atoms with Crippen molar-refractivity contribution in [3.05, 3.63) is 59.7 Å². The monoisotopic (exact) mass is 417 g/mol. The van der Waals surface area contributed by atoms with Gasteiger partial charge in [0.25, 0.3) is 5.91 Å². The molecule has 1 spiro atoms. The zero-order valence-electron chi connectivity index (χ0n) is 18.3. The molecule has 5 nitrogen and oxygen atoms in total. The molecule has 1 N–H and O–H groups in total. The third-order valence-electron chi connectivity index (χ3n) is 7.61. The average molecular weight is 418 g/mol. The molecule has 1 saturated carbocycles. The number of para-hydroxylation sites is 1. The number of rotatable bonds is 4. The lowest BCUT2D eigenvalue weighted by atomic mass is 9.73. The number of hydrogen-bond donors (Lipinski definition) is 1. The van der Waals surface area contributed by atoms with Crippen molar-refractivity contribution < 1.29 is 9.59 Å². The number of carbonyl (C=O) groups excluding carboxylic acids is 2. The summed E-state index contributed by atoms with van der Waals surface area (Å²) >= 11 is 0. The summed E-state index contributed by atoms with van der Waals surface area (Å²) in [7, 11) is 1.86. The van der Waals surface area contributed by atoms with Gasteiger partial charge in [-0.1, -0.05) is 31.0 Å². The van der Waals surface area contributed by atoms with Crippen molar-refractivity contribution in [3.63, 3.8) is 0 Å². The number of piperidine rings is 1. The molecule has 3 aliphatic rings. The number of likely N-dealkylation sites (N-methyl/N-ethyl adjacent to an activating group) is 1. The molecule has 2 heterocycles. The standard InChI is InChI=1S/C26H31N3O2/c1-28-23-12-11-20(24(30)27-18-19-7-5-6-8-19)17-22(23)26(25(28)31)13-15-29(16-14-26)21-9-3-2-4-10-21/h2-4,9-12,17,19H,5-8,13-16,18H2,1H3,(H,27,30). The van der Waals surface area contributed by atoms with Gasteiger partial charge in [0.05, 0.1) is 5.41 Å². The summed E-state index contributed by atoms with van der Waals surface area (Å²) < 4.78 is 0. The van der Waals surface area contributed by atoms with Crippen LogP contribution in [0.15, 0.2) is 48.5 Å². The lowest BCUT2D eigenvalue weighted by Gasteiger charge is -2.39. The molecule has 0 aromatic heterocycles. The quantitative estimate of drug-likeness (QED) is 0.814. The molecule has 2 amide bonds. The minimum atomic E-state index is -0.517. The molecule has 31 heavy (non-hydrogen) atoms. The molecule has 1 aliphatic carbocycles. The number of anilines is 2. The van der Waals surface area contributed by atoms with Gasteiger partial charge in [-0.15, -0.1) is 0 Å². The number of benzene rings is 2. The van der Waals surface area contributed by atoms with Crippen LogP contribution in [0.2, 0.25) is 0 Å². The van der Waals surface area contributed by atoms with Crippen LogP contribution in [0.25, 0.3) is 0 Å². The molecule has 5 heteroatoms. The van der Waals surface area contributed by atoms with E-state index in [0.29, 0.717) is 11.5 Å². The van der Waals surface area contributed by atoms with Gasteiger partial charge in [0.1, 0.15) is 0 Å². The number of fused-ring (bicyclic) bond motifs is 2. The molecular formula is C26H31N3O2. The summed E-state index contributed by atoms with van der Waals surface area (Å²) in [5.74, 6) is 0.757. The van der Waals surface area contributed by atoms with E-state index in [2.05, 4.69) is 34.5 Å². The van der Waals surface area contributed by atoms with Crippen LogP contribution in [-0.4, -0.2) is 38.5 Å². The highest BCUT2D eigenvalue weighted by Gasteiger charge is 2.51. The number of hydrogen-bond acceptors (Lipinski definition) is 3. The molecule has 0 radical (unpaired) electrons. The first kappa shape index (κ1) is 20.1. The smallest absolute Gasteiger partial charge is 0.251 e. The number of amides is 2. The lowest BCUT2D eigenvalue weighted by Crippen LogP contribution is -2.48. The first-order valence-corrected chi connectivity index (χ1v) is 11.6. The highest BCUT2D eigenvalue weighted by Crippen LogP contribution is 2.48. The maximum atomic E-state index is 13.4. The van der Waals surface area contributed by atoms with Crippen molar-refractivity contribution in [2.24, 2.45) is 5.92 Å². The molecule has 5 rings (SSSR count). The third-order valence-corrected chi connectivity index (χ3v) is 7.61. The Morgan fingerprint density at radius 1 is 1.06 bits per heavy atom. The highest BCUT2D eigenvalue weighted by molar-refractivity contribution is 6.09. The van der Waals surface area contributed by atoms with Gasteiger partial charge in [-0.25, -0.2) is 0 Å². The molecule has 2 aliphatic heterocycles. The van der Waals surface area contributed by atoms with E-state index >= 15 is 0 Å². The summed E-state index contributed by atoms with van der Waals surface area (Å²) in [4.78, 5) is 30.4. The van der Waals surface area contributed by atoms with Gasteiger partial charge >= 0.3 is 0 Å². The number of carbonyl (C=O) groups is 2.